The van der Waals surface area contributed by atoms with Gasteiger partial charge in [0, 0.05) is 31.3 Å². The van der Waals surface area contributed by atoms with Gasteiger partial charge in [0.05, 0.1) is 11.3 Å². The Bertz CT molecular complexity index is 1310. The second-order valence-electron chi connectivity index (χ2n) is 6.83. The summed E-state index contributed by atoms with van der Waals surface area (Å²) in [6.07, 6.45) is 0. The van der Waals surface area contributed by atoms with Gasteiger partial charge in [-0.05, 0) is 53.2 Å². The molecule has 2 N–H and O–H groups in total. The fraction of sp³-hybridized carbons (Fsp3) is 0.182. The molecule has 0 aliphatic heterocycles. The Morgan fingerprint density at radius 1 is 1.09 bits per heavy atom. The highest BCUT2D eigenvalue weighted by molar-refractivity contribution is 9.10. The maximum atomic E-state index is 13.9. The van der Waals surface area contributed by atoms with E-state index in [4.69, 9.17) is 4.74 Å². The van der Waals surface area contributed by atoms with Crippen LogP contribution in [-0.2, 0) is 6.61 Å². The maximum Gasteiger partial charge on any atom is 0.276 e. The summed E-state index contributed by atoms with van der Waals surface area (Å²) in [7, 11) is 2.90. The third kappa shape index (κ3) is 4.92. The Morgan fingerprint density at radius 3 is 2.42 bits per heavy atom. The third-order valence-electron chi connectivity index (χ3n) is 4.74. The van der Waals surface area contributed by atoms with E-state index in [0.717, 1.165) is 16.7 Å². The molecule has 0 saturated heterocycles. The summed E-state index contributed by atoms with van der Waals surface area (Å²) in [6.45, 7) is 1.22. The molecule has 2 amide bonds. The highest BCUT2D eigenvalue weighted by Crippen LogP contribution is 2.24. The summed E-state index contributed by atoms with van der Waals surface area (Å²) in [5.74, 6) is -2.35. The summed E-state index contributed by atoms with van der Waals surface area (Å²) in [5, 5.41) is 4.98. The Balaban J connectivity index is 2.08. The van der Waals surface area contributed by atoms with Crippen LogP contribution in [0.25, 0.3) is 5.69 Å². The zero-order chi connectivity index (χ0) is 24.3. The van der Waals surface area contributed by atoms with E-state index in [0.29, 0.717) is 0 Å². The lowest BCUT2D eigenvalue weighted by molar-refractivity contribution is 0.0951. The van der Waals surface area contributed by atoms with Crippen molar-refractivity contribution in [3.63, 3.8) is 0 Å². The monoisotopic (exact) mass is 520 g/mol. The molecule has 0 aliphatic rings. The van der Waals surface area contributed by atoms with Gasteiger partial charge in [-0.1, -0.05) is 0 Å². The summed E-state index contributed by atoms with van der Waals surface area (Å²) in [5.41, 5.74) is -0.0218. The quantitative estimate of drug-likeness (QED) is 0.520. The van der Waals surface area contributed by atoms with Crippen LogP contribution in [0.15, 0.2) is 45.7 Å². The number of ether oxygens (including phenoxy) is 1. The average Bonchev–Trinajstić information content (AvgIpc) is 2.80. The zero-order valence-corrected chi connectivity index (χ0v) is 19.4. The van der Waals surface area contributed by atoms with Crippen LogP contribution >= 0.6 is 15.9 Å². The van der Waals surface area contributed by atoms with Gasteiger partial charge in [-0.3, -0.25) is 19.0 Å². The van der Waals surface area contributed by atoms with Gasteiger partial charge < -0.3 is 15.4 Å². The first-order valence-corrected chi connectivity index (χ1v) is 10.4. The number of hydrogen-bond donors (Lipinski definition) is 2. The smallest absolute Gasteiger partial charge is 0.276 e. The second-order valence-corrected chi connectivity index (χ2v) is 7.63. The van der Waals surface area contributed by atoms with Crippen LogP contribution in [-0.4, -0.2) is 35.5 Å². The molecule has 0 unspecified atom stereocenters. The molecule has 2 aromatic carbocycles. The minimum atomic E-state index is -0.794. The molecule has 0 saturated carbocycles. The van der Waals surface area contributed by atoms with E-state index in [1.807, 2.05) is 0 Å². The minimum Gasteiger partial charge on any atom is -0.472 e. The first-order chi connectivity index (χ1) is 15.7. The van der Waals surface area contributed by atoms with Crippen molar-refractivity contribution in [2.45, 2.75) is 13.5 Å². The molecule has 33 heavy (non-hydrogen) atoms. The molecule has 11 heteroatoms. The molecule has 8 nitrogen and oxygen atoms in total. The molecule has 0 aliphatic carbocycles. The van der Waals surface area contributed by atoms with E-state index in [1.54, 1.807) is 0 Å². The van der Waals surface area contributed by atoms with Crippen molar-refractivity contribution in [2.24, 2.45) is 0 Å². The van der Waals surface area contributed by atoms with Crippen LogP contribution in [0, 0.1) is 18.6 Å². The van der Waals surface area contributed by atoms with Gasteiger partial charge in [-0.15, -0.1) is 0 Å². The molecule has 0 atom stereocenters. The van der Waals surface area contributed by atoms with E-state index in [2.05, 4.69) is 31.5 Å². The summed E-state index contributed by atoms with van der Waals surface area (Å²) < 4.78 is 33.6. The van der Waals surface area contributed by atoms with Crippen molar-refractivity contribution in [3.05, 3.63) is 85.4 Å². The van der Waals surface area contributed by atoms with Crippen molar-refractivity contribution in [2.75, 3.05) is 14.1 Å². The van der Waals surface area contributed by atoms with Gasteiger partial charge in [0.2, 0.25) is 5.88 Å². The summed E-state index contributed by atoms with van der Waals surface area (Å²) in [4.78, 5) is 42.0. The molecule has 3 rings (SSSR count). The first kappa shape index (κ1) is 24.1. The molecular weight excluding hydrogens is 502 g/mol. The van der Waals surface area contributed by atoms with Crippen LogP contribution < -0.4 is 20.9 Å². The number of rotatable bonds is 6. The highest BCUT2D eigenvalue weighted by Gasteiger charge is 2.21. The normalized spacial score (nSPS) is 10.6. The maximum absolute atomic E-state index is 13.9. The lowest BCUT2D eigenvalue weighted by Gasteiger charge is -2.17. The van der Waals surface area contributed by atoms with Crippen molar-refractivity contribution in [1.82, 2.24) is 20.2 Å². The molecule has 1 heterocycles. The topological polar surface area (TPSA) is 102 Å². The molecule has 172 valence electrons. The predicted molar refractivity (Wildman–Crippen MR) is 120 cm³/mol. The van der Waals surface area contributed by atoms with Crippen LogP contribution in [0.5, 0.6) is 5.88 Å². The van der Waals surface area contributed by atoms with Gasteiger partial charge in [-0.25, -0.2) is 8.78 Å². The molecule has 0 radical (unpaired) electrons. The number of hydrogen-bond acceptors (Lipinski definition) is 5. The van der Waals surface area contributed by atoms with Crippen molar-refractivity contribution < 1.29 is 23.1 Å². The van der Waals surface area contributed by atoms with E-state index in [1.165, 1.54) is 45.3 Å². The number of nitrogens with one attached hydrogen (secondary N) is 2. The molecule has 3 aromatic rings. The number of carbonyl (C=O) groups excluding carboxylic acids is 2. The molecule has 0 bridgehead atoms. The number of aromatic nitrogens is 2. The van der Waals surface area contributed by atoms with Crippen molar-refractivity contribution in [3.8, 4) is 11.6 Å². The summed E-state index contributed by atoms with van der Waals surface area (Å²) >= 11 is 3.15. The van der Waals surface area contributed by atoms with E-state index < -0.39 is 29.0 Å². The molecular formula is C22H19BrF2N4O4. The van der Waals surface area contributed by atoms with Crippen LogP contribution in [0.4, 0.5) is 8.78 Å². The Labute approximate surface area is 195 Å². The number of halogens is 3. The SMILES string of the molecule is CNC(=O)c1ccc(C(=O)NC)c(-n2c(C)nc(OCc3ccc(F)cc3F)c(Br)c2=O)c1. The average molecular weight is 521 g/mol. The van der Waals surface area contributed by atoms with E-state index in [-0.39, 0.29) is 45.2 Å². The van der Waals surface area contributed by atoms with Gasteiger partial charge in [0.15, 0.2) is 0 Å². The zero-order valence-electron chi connectivity index (χ0n) is 17.8. The number of nitrogens with zero attached hydrogens (tertiary/aromatic N) is 2. The highest BCUT2D eigenvalue weighted by atomic mass is 79.9. The third-order valence-corrected chi connectivity index (χ3v) is 5.42. The lowest BCUT2D eigenvalue weighted by Crippen LogP contribution is -2.28. The predicted octanol–water partition coefficient (Wildman–Crippen LogP) is 2.88. The van der Waals surface area contributed by atoms with Gasteiger partial charge >= 0.3 is 0 Å². The molecule has 0 spiro atoms. The van der Waals surface area contributed by atoms with Gasteiger partial charge in [-0.2, -0.15) is 4.98 Å². The first-order valence-electron chi connectivity index (χ1n) is 9.62. The number of amides is 2. The van der Waals surface area contributed by atoms with Crippen LogP contribution in [0.1, 0.15) is 32.1 Å². The fourth-order valence-electron chi connectivity index (χ4n) is 3.08. The summed E-state index contributed by atoms with van der Waals surface area (Å²) in [6, 6.07) is 7.34. The number of aryl methyl sites for hydroxylation is 1. The molecule has 1 aromatic heterocycles. The van der Waals surface area contributed by atoms with Crippen molar-refractivity contribution in [1.29, 1.82) is 0 Å². The van der Waals surface area contributed by atoms with Crippen molar-refractivity contribution >= 4 is 27.7 Å². The van der Waals surface area contributed by atoms with Gasteiger partial charge in [0.1, 0.15) is 28.5 Å². The molecule has 0 fully saturated rings. The minimum absolute atomic E-state index is 0.0760. The number of carbonyl (C=O) groups is 2. The fourth-order valence-corrected chi connectivity index (χ4v) is 3.46. The van der Waals surface area contributed by atoms with E-state index >= 15 is 0 Å². The number of benzene rings is 2. The lowest BCUT2D eigenvalue weighted by atomic mass is 10.1. The Hall–Kier alpha value is -3.60. The second kappa shape index (κ2) is 9.90. The van der Waals surface area contributed by atoms with Gasteiger partial charge in [0.25, 0.3) is 17.4 Å². The Morgan fingerprint density at radius 2 is 1.79 bits per heavy atom. The largest absolute Gasteiger partial charge is 0.472 e. The van der Waals surface area contributed by atoms with Crippen LogP contribution in [0.3, 0.4) is 0 Å². The standard InChI is InChI=1S/C22H19BrF2N4O4/c1-11-28-21(33-10-13-4-6-14(24)9-16(13)25)18(23)22(32)29(11)17-8-12(19(30)26-2)5-7-15(17)20(31)27-3/h4-9H,10H2,1-3H3,(H,26,30)(H,27,31). The van der Waals surface area contributed by atoms with E-state index in [9.17, 15) is 23.2 Å². The van der Waals surface area contributed by atoms with Crippen LogP contribution in [0.2, 0.25) is 0 Å². The Kier molecular flexibility index (Phi) is 7.22.